The molecular formula is C14H14O2. The van der Waals surface area contributed by atoms with E-state index in [0.29, 0.717) is 6.61 Å². The first-order valence-electron chi connectivity index (χ1n) is 5.33. The Labute approximate surface area is 95.2 Å². The molecule has 16 heavy (non-hydrogen) atoms. The Balaban J connectivity index is 2.08. The van der Waals surface area contributed by atoms with Gasteiger partial charge in [0.1, 0.15) is 6.61 Å². The van der Waals surface area contributed by atoms with E-state index in [9.17, 15) is 4.79 Å². The third-order valence-electron chi connectivity index (χ3n) is 2.61. The van der Waals surface area contributed by atoms with Gasteiger partial charge in [0, 0.05) is 12.8 Å². The third-order valence-corrected chi connectivity index (χ3v) is 2.61. The van der Waals surface area contributed by atoms with Crippen molar-refractivity contribution in [2.75, 3.05) is 6.61 Å². The lowest BCUT2D eigenvalue weighted by Gasteiger charge is -2.13. The lowest BCUT2D eigenvalue weighted by molar-refractivity contribution is -0.140. The quantitative estimate of drug-likeness (QED) is 0.723. The molecule has 1 aromatic rings. The van der Waals surface area contributed by atoms with Gasteiger partial charge in [0.15, 0.2) is 0 Å². The van der Waals surface area contributed by atoms with Crippen LogP contribution in [0, 0.1) is 0 Å². The maximum atomic E-state index is 10.8. The lowest BCUT2D eigenvalue weighted by Crippen LogP contribution is -2.07. The smallest absolute Gasteiger partial charge is 0.302 e. The van der Waals surface area contributed by atoms with E-state index in [-0.39, 0.29) is 11.9 Å². The first-order chi connectivity index (χ1) is 7.77. The molecule has 0 aromatic heterocycles. The van der Waals surface area contributed by atoms with Crippen LogP contribution in [0.3, 0.4) is 0 Å². The minimum atomic E-state index is -0.236. The highest BCUT2D eigenvalue weighted by atomic mass is 16.5. The van der Waals surface area contributed by atoms with Gasteiger partial charge in [-0.15, -0.1) is 0 Å². The van der Waals surface area contributed by atoms with E-state index in [1.807, 2.05) is 30.4 Å². The SMILES string of the molecule is CC(=O)OCC1=CC=CC1c1ccccc1. The van der Waals surface area contributed by atoms with Crippen LogP contribution in [0.1, 0.15) is 18.4 Å². The standard InChI is InChI=1S/C14H14O2/c1-11(15)16-10-13-8-5-9-14(13)12-6-3-2-4-7-12/h2-9,14H,10H2,1H3. The Morgan fingerprint density at radius 1 is 1.31 bits per heavy atom. The summed E-state index contributed by atoms with van der Waals surface area (Å²) < 4.78 is 5.03. The number of hydrogen-bond donors (Lipinski definition) is 0. The van der Waals surface area contributed by atoms with Gasteiger partial charge in [0.2, 0.25) is 0 Å². The predicted octanol–water partition coefficient (Wildman–Crippen LogP) is 2.83. The lowest BCUT2D eigenvalue weighted by atomic mass is 9.94. The van der Waals surface area contributed by atoms with Crippen LogP contribution in [0.25, 0.3) is 0 Å². The van der Waals surface area contributed by atoms with E-state index < -0.39 is 0 Å². The van der Waals surface area contributed by atoms with E-state index in [1.165, 1.54) is 12.5 Å². The third kappa shape index (κ3) is 2.40. The Morgan fingerprint density at radius 2 is 2.06 bits per heavy atom. The normalized spacial score (nSPS) is 18.3. The van der Waals surface area contributed by atoms with Crippen molar-refractivity contribution < 1.29 is 9.53 Å². The minimum absolute atomic E-state index is 0.236. The van der Waals surface area contributed by atoms with Crippen molar-refractivity contribution in [3.63, 3.8) is 0 Å². The first-order valence-corrected chi connectivity index (χ1v) is 5.33. The highest BCUT2D eigenvalue weighted by Crippen LogP contribution is 2.29. The summed E-state index contributed by atoms with van der Waals surface area (Å²) >= 11 is 0. The van der Waals surface area contributed by atoms with Crippen LogP contribution in [0.2, 0.25) is 0 Å². The number of hydrogen-bond acceptors (Lipinski definition) is 2. The van der Waals surface area contributed by atoms with Crippen LogP contribution in [0.4, 0.5) is 0 Å². The number of ether oxygens (including phenoxy) is 1. The molecule has 1 aromatic carbocycles. The largest absolute Gasteiger partial charge is 0.461 e. The van der Waals surface area contributed by atoms with Gasteiger partial charge in [-0.3, -0.25) is 4.79 Å². The molecule has 0 radical (unpaired) electrons. The van der Waals surface area contributed by atoms with E-state index in [2.05, 4.69) is 18.2 Å². The molecule has 2 heteroatoms. The highest BCUT2D eigenvalue weighted by Gasteiger charge is 2.17. The van der Waals surface area contributed by atoms with Gasteiger partial charge < -0.3 is 4.74 Å². The Morgan fingerprint density at radius 3 is 2.75 bits per heavy atom. The number of benzene rings is 1. The van der Waals surface area contributed by atoms with Gasteiger partial charge in [-0.05, 0) is 11.1 Å². The Bertz CT molecular complexity index is 429. The summed E-state index contributed by atoms with van der Waals surface area (Å²) in [7, 11) is 0. The zero-order valence-electron chi connectivity index (χ0n) is 9.22. The number of carbonyl (C=O) groups excluding carboxylic acids is 1. The molecule has 1 aliphatic rings. The maximum absolute atomic E-state index is 10.8. The van der Waals surface area contributed by atoms with Gasteiger partial charge in [-0.2, -0.15) is 0 Å². The van der Waals surface area contributed by atoms with Crippen molar-refractivity contribution in [2.45, 2.75) is 12.8 Å². The second-order valence-corrected chi connectivity index (χ2v) is 3.80. The Kier molecular flexibility index (Phi) is 3.20. The summed E-state index contributed by atoms with van der Waals surface area (Å²) in [5.74, 6) is 0.0140. The van der Waals surface area contributed by atoms with Gasteiger partial charge in [0.05, 0.1) is 0 Å². The summed E-state index contributed by atoms with van der Waals surface area (Å²) in [4.78, 5) is 10.8. The molecule has 0 saturated carbocycles. The first kappa shape index (κ1) is 10.7. The second-order valence-electron chi connectivity index (χ2n) is 3.80. The van der Waals surface area contributed by atoms with Gasteiger partial charge in [-0.1, -0.05) is 48.6 Å². The maximum Gasteiger partial charge on any atom is 0.302 e. The van der Waals surface area contributed by atoms with Crippen molar-refractivity contribution in [2.24, 2.45) is 0 Å². The van der Waals surface area contributed by atoms with Gasteiger partial charge in [-0.25, -0.2) is 0 Å². The fraction of sp³-hybridized carbons (Fsp3) is 0.214. The molecule has 82 valence electrons. The van der Waals surface area contributed by atoms with E-state index >= 15 is 0 Å². The van der Waals surface area contributed by atoms with E-state index in [0.717, 1.165) is 5.57 Å². The molecule has 0 fully saturated rings. The molecule has 0 saturated heterocycles. The number of allylic oxidation sites excluding steroid dienone is 3. The van der Waals surface area contributed by atoms with Crippen LogP contribution < -0.4 is 0 Å². The minimum Gasteiger partial charge on any atom is -0.461 e. The van der Waals surface area contributed by atoms with Crippen LogP contribution in [-0.4, -0.2) is 12.6 Å². The van der Waals surface area contributed by atoms with Gasteiger partial charge >= 0.3 is 5.97 Å². The molecule has 0 amide bonds. The van der Waals surface area contributed by atoms with Gasteiger partial charge in [0.25, 0.3) is 0 Å². The zero-order valence-corrected chi connectivity index (χ0v) is 9.22. The van der Waals surface area contributed by atoms with Crippen LogP contribution >= 0.6 is 0 Å². The van der Waals surface area contributed by atoms with E-state index in [1.54, 1.807) is 0 Å². The average molecular weight is 214 g/mol. The monoisotopic (exact) mass is 214 g/mol. The molecule has 2 rings (SSSR count). The molecule has 0 N–H and O–H groups in total. The number of rotatable bonds is 3. The van der Waals surface area contributed by atoms with Crippen molar-refractivity contribution in [3.8, 4) is 0 Å². The fourth-order valence-electron chi connectivity index (χ4n) is 1.83. The van der Waals surface area contributed by atoms with Crippen molar-refractivity contribution in [3.05, 3.63) is 59.7 Å². The molecular weight excluding hydrogens is 200 g/mol. The molecule has 0 heterocycles. The van der Waals surface area contributed by atoms with E-state index in [4.69, 9.17) is 4.74 Å². The second kappa shape index (κ2) is 4.79. The molecule has 1 atom stereocenters. The zero-order chi connectivity index (χ0) is 11.4. The molecule has 0 spiro atoms. The summed E-state index contributed by atoms with van der Waals surface area (Å²) in [6, 6.07) is 10.2. The molecule has 1 aliphatic carbocycles. The Hall–Kier alpha value is -1.83. The highest BCUT2D eigenvalue weighted by molar-refractivity contribution is 5.66. The molecule has 0 bridgehead atoms. The average Bonchev–Trinajstić information content (AvgIpc) is 2.75. The summed E-state index contributed by atoms with van der Waals surface area (Å²) in [6.45, 7) is 1.81. The van der Waals surface area contributed by atoms with Crippen LogP contribution in [0.5, 0.6) is 0 Å². The molecule has 0 aliphatic heterocycles. The van der Waals surface area contributed by atoms with Crippen molar-refractivity contribution in [1.82, 2.24) is 0 Å². The summed E-state index contributed by atoms with van der Waals surface area (Å²) in [5, 5.41) is 0. The number of carbonyl (C=O) groups is 1. The van der Waals surface area contributed by atoms with Crippen molar-refractivity contribution >= 4 is 5.97 Å². The predicted molar refractivity (Wildman–Crippen MR) is 63.0 cm³/mol. The van der Waals surface area contributed by atoms with Crippen molar-refractivity contribution in [1.29, 1.82) is 0 Å². The topological polar surface area (TPSA) is 26.3 Å². The molecule has 2 nitrogen and oxygen atoms in total. The van der Waals surface area contributed by atoms with Crippen LogP contribution in [-0.2, 0) is 9.53 Å². The summed E-state index contributed by atoms with van der Waals surface area (Å²) in [5.41, 5.74) is 2.36. The fourth-order valence-corrected chi connectivity index (χ4v) is 1.83. The van der Waals surface area contributed by atoms with Crippen LogP contribution in [0.15, 0.2) is 54.1 Å². The number of esters is 1. The summed E-state index contributed by atoms with van der Waals surface area (Å²) in [6.07, 6.45) is 6.14. The molecule has 1 unspecified atom stereocenters.